The Kier molecular flexibility index (Phi) is 4.71. The molecule has 2 heterocycles. The normalized spacial score (nSPS) is 17.4. The van der Waals surface area contributed by atoms with E-state index in [4.69, 9.17) is 4.74 Å². The van der Waals surface area contributed by atoms with Crippen LogP contribution in [-0.4, -0.2) is 47.5 Å². The summed E-state index contributed by atoms with van der Waals surface area (Å²) in [5.74, 6) is 0.217. The second-order valence-electron chi connectivity index (χ2n) is 5.27. The minimum absolute atomic E-state index is 0.217. The Morgan fingerprint density at radius 2 is 2.11 bits per heavy atom. The molecule has 0 amide bonds. The quantitative estimate of drug-likeness (QED) is 0.849. The number of halogens is 1. The van der Waals surface area contributed by atoms with Crippen LogP contribution >= 0.6 is 15.9 Å². The number of carbonyl (C=O) groups is 1. The molecule has 5 heteroatoms. The fraction of sp³-hybridized carbons (Fsp3) is 0.571. The smallest absolute Gasteiger partial charge is 0.156 e. The summed E-state index contributed by atoms with van der Waals surface area (Å²) < 4.78 is 6.24. The second-order valence-corrected chi connectivity index (χ2v) is 6.19. The predicted octanol–water partition coefficient (Wildman–Crippen LogP) is 2.07. The average molecular weight is 327 g/mol. The monoisotopic (exact) mass is 326 g/mol. The number of aromatic nitrogens is 1. The second kappa shape index (κ2) is 6.11. The van der Waals surface area contributed by atoms with Gasteiger partial charge < -0.3 is 4.74 Å². The van der Waals surface area contributed by atoms with Crippen LogP contribution in [0, 0.1) is 0 Å². The van der Waals surface area contributed by atoms with Crippen LogP contribution in [0.4, 0.5) is 0 Å². The van der Waals surface area contributed by atoms with Crippen molar-refractivity contribution < 1.29 is 9.53 Å². The van der Waals surface area contributed by atoms with Crippen LogP contribution in [0.1, 0.15) is 19.4 Å². The molecule has 4 nitrogen and oxygen atoms in total. The number of hydrogen-bond donors (Lipinski definition) is 0. The Morgan fingerprint density at radius 1 is 1.42 bits per heavy atom. The van der Waals surface area contributed by atoms with Gasteiger partial charge in [-0.2, -0.15) is 0 Å². The van der Waals surface area contributed by atoms with Crippen molar-refractivity contribution in [3.8, 4) is 0 Å². The summed E-state index contributed by atoms with van der Waals surface area (Å²) in [5.41, 5.74) is 0.493. The van der Waals surface area contributed by atoms with E-state index in [0.29, 0.717) is 19.6 Å². The van der Waals surface area contributed by atoms with Crippen LogP contribution in [0.5, 0.6) is 0 Å². The zero-order chi connectivity index (χ0) is 13.9. The zero-order valence-corrected chi connectivity index (χ0v) is 12.9. The van der Waals surface area contributed by atoms with Crippen LogP contribution in [0.25, 0.3) is 0 Å². The molecule has 1 aromatic heterocycles. The van der Waals surface area contributed by atoms with Crippen molar-refractivity contribution in [1.29, 1.82) is 0 Å². The zero-order valence-electron chi connectivity index (χ0n) is 11.4. The topological polar surface area (TPSA) is 42.4 Å². The first-order valence-electron chi connectivity index (χ1n) is 6.45. The van der Waals surface area contributed by atoms with Crippen molar-refractivity contribution in [3.63, 3.8) is 0 Å². The minimum Gasteiger partial charge on any atom is -0.379 e. The molecule has 104 valence electrons. The average Bonchev–Trinajstić information content (AvgIpc) is 2.39. The van der Waals surface area contributed by atoms with E-state index in [1.54, 1.807) is 12.4 Å². The van der Waals surface area contributed by atoms with Crippen molar-refractivity contribution in [1.82, 2.24) is 9.88 Å². The Morgan fingerprint density at radius 3 is 2.74 bits per heavy atom. The van der Waals surface area contributed by atoms with E-state index in [1.807, 2.05) is 19.9 Å². The summed E-state index contributed by atoms with van der Waals surface area (Å²) in [6.07, 6.45) is 3.88. The van der Waals surface area contributed by atoms with Gasteiger partial charge in [0.25, 0.3) is 0 Å². The number of rotatable bonds is 4. The molecule has 1 aliphatic heterocycles. The van der Waals surface area contributed by atoms with E-state index in [2.05, 4.69) is 25.8 Å². The molecule has 0 saturated carbocycles. The predicted molar refractivity (Wildman–Crippen MR) is 77.1 cm³/mol. The van der Waals surface area contributed by atoms with E-state index in [9.17, 15) is 4.79 Å². The fourth-order valence-electron chi connectivity index (χ4n) is 2.25. The third-order valence-electron chi connectivity index (χ3n) is 3.61. The Labute approximate surface area is 122 Å². The van der Waals surface area contributed by atoms with E-state index >= 15 is 0 Å². The highest BCUT2D eigenvalue weighted by atomic mass is 79.9. The van der Waals surface area contributed by atoms with Crippen molar-refractivity contribution in [2.75, 3.05) is 26.3 Å². The van der Waals surface area contributed by atoms with E-state index < -0.39 is 5.54 Å². The summed E-state index contributed by atoms with van der Waals surface area (Å²) in [6, 6.07) is 1.94. The third kappa shape index (κ3) is 3.61. The first-order valence-corrected chi connectivity index (χ1v) is 7.25. The van der Waals surface area contributed by atoms with Crippen molar-refractivity contribution >= 4 is 21.7 Å². The highest BCUT2D eigenvalue weighted by Gasteiger charge is 2.34. The third-order valence-corrected chi connectivity index (χ3v) is 4.04. The Balaban J connectivity index is 2.05. The molecule has 0 atom stereocenters. The summed E-state index contributed by atoms with van der Waals surface area (Å²) >= 11 is 3.38. The summed E-state index contributed by atoms with van der Waals surface area (Å²) in [4.78, 5) is 18.8. The number of pyridine rings is 1. The molecule has 0 radical (unpaired) electrons. The van der Waals surface area contributed by atoms with Crippen molar-refractivity contribution in [3.05, 3.63) is 28.5 Å². The van der Waals surface area contributed by atoms with E-state index in [0.717, 1.165) is 23.1 Å². The highest BCUT2D eigenvalue weighted by Crippen LogP contribution is 2.20. The molecule has 1 aromatic rings. The number of morpholine rings is 1. The number of ketones is 1. The first kappa shape index (κ1) is 14.6. The maximum absolute atomic E-state index is 12.5. The molecule has 0 aliphatic carbocycles. The van der Waals surface area contributed by atoms with Gasteiger partial charge in [-0.05, 0) is 41.4 Å². The lowest BCUT2D eigenvalue weighted by molar-refractivity contribution is -0.131. The fourth-order valence-corrected chi connectivity index (χ4v) is 2.67. The highest BCUT2D eigenvalue weighted by molar-refractivity contribution is 9.10. The molecule has 0 N–H and O–H groups in total. The molecule has 1 saturated heterocycles. The molecule has 0 bridgehead atoms. The van der Waals surface area contributed by atoms with Crippen LogP contribution < -0.4 is 0 Å². The largest absolute Gasteiger partial charge is 0.379 e. The molecular weight excluding hydrogens is 308 g/mol. The van der Waals surface area contributed by atoms with Gasteiger partial charge in [0, 0.05) is 36.4 Å². The van der Waals surface area contributed by atoms with Gasteiger partial charge in [0.05, 0.1) is 18.8 Å². The van der Waals surface area contributed by atoms with Gasteiger partial charge in [-0.1, -0.05) is 0 Å². The van der Waals surface area contributed by atoms with Gasteiger partial charge >= 0.3 is 0 Å². The van der Waals surface area contributed by atoms with Crippen LogP contribution in [-0.2, 0) is 16.0 Å². The summed E-state index contributed by atoms with van der Waals surface area (Å²) in [7, 11) is 0. The number of nitrogens with zero attached hydrogens (tertiary/aromatic N) is 2. The molecule has 19 heavy (non-hydrogen) atoms. The van der Waals surface area contributed by atoms with Gasteiger partial charge in [-0.25, -0.2) is 0 Å². The van der Waals surface area contributed by atoms with Crippen molar-refractivity contribution in [2.45, 2.75) is 25.8 Å². The van der Waals surface area contributed by atoms with Gasteiger partial charge in [-0.3, -0.25) is 14.7 Å². The van der Waals surface area contributed by atoms with E-state index in [1.165, 1.54) is 0 Å². The standard InChI is InChI=1S/C14H19BrN2O2/c1-14(2,17-3-5-19-6-4-17)13(18)8-11-7-12(15)10-16-9-11/h7,9-10H,3-6,8H2,1-2H3. The lowest BCUT2D eigenvalue weighted by atomic mass is 9.92. The molecule has 0 spiro atoms. The maximum Gasteiger partial charge on any atom is 0.156 e. The maximum atomic E-state index is 12.5. The van der Waals surface area contributed by atoms with Crippen molar-refractivity contribution in [2.24, 2.45) is 0 Å². The number of Topliss-reactive ketones (excluding diaryl/α,β-unsaturated/α-hetero) is 1. The van der Waals surface area contributed by atoms with Gasteiger partial charge in [-0.15, -0.1) is 0 Å². The molecule has 1 fully saturated rings. The number of ether oxygens (including phenoxy) is 1. The lowest BCUT2D eigenvalue weighted by Crippen LogP contribution is -2.54. The number of hydrogen-bond acceptors (Lipinski definition) is 4. The Bertz CT molecular complexity index is 457. The van der Waals surface area contributed by atoms with Crippen LogP contribution in [0.2, 0.25) is 0 Å². The summed E-state index contributed by atoms with van der Waals surface area (Å²) in [6.45, 7) is 7.02. The van der Waals surface area contributed by atoms with Gasteiger partial charge in [0.2, 0.25) is 0 Å². The molecular formula is C14H19BrN2O2. The lowest BCUT2D eigenvalue weighted by Gasteiger charge is -2.39. The van der Waals surface area contributed by atoms with E-state index in [-0.39, 0.29) is 5.78 Å². The van der Waals surface area contributed by atoms with Gasteiger partial charge in [0.1, 0.15) is 0 Å². The minimum atomic E-state index is -0.452. The summed E-state index contributed by atoms with van der Waals surface area (Å²) in [5, 5.41) is 0. The van der Waals surface area contributed by atoms with Crippen LogP contribution in [0.15, 0.2) is 22.9 Å². The molecule has 0 aromatic carbocycles. The first-order chi connectivity index (χ1) is 9.00. The molecule has 0 unspecified atom stereocenters. The number of carbonyl (C=O) groups excluding carboxylic acids is 1. The van der Waals surface area contributed by atoms with Crippen LogP contribution in [0.3, 0.4) is 0 Å². The SMILES string of the molecule is CC(C)(C(=O)Cc1cncc(Br)c1)N1CCOCC1. The molecule has 2 rings (SSSR count). The molecule has 1 aliphatic rings. The Hall–Kier alpha value is -0.780. The van der Waals surface area contributed by atoms with Gasteiger partial charge in [0.15, 0.2) is 5.78 Å².